The molecule has 3 aromatic rings. The molecule has 0 aliphatic heterocycles. The first kappa shape index (κ1) is 18.1. The Morgan fingerprint density at radius 3 is 2.77 bits per heavy atom. The molecule has 0 spiro atoms. The van der Waals surface area contributed by atoms with Gasteiger partial charge < -0.3 is 4.74 Å². The summed E-state index contributed by atoms with van der Waals surface area (Å²) in [6.45, 7) is 2.87. The lowest BCUT2D eigenvalue weighted by molar-refractivity contribution is 0.0493. The molecule has 2 aromatic heterocycles. The molecule has 0 aliphatic carbocycles. The summed E-state index contributed by atoms with van der Waals surface area (Å²) >= 11 is 1.63. The van der Waals surface area contributed by atoms with Crippen LogP contribution in [0.25, 0.3) is 11.4 Å². The largest absolute Gasteiger partial charge is 0.462 e. The van der Waals surface area contributed by atoms with Gasteiger partial charge in [0.15, 0.2) is 0 Å². The molecule has 0 amide bonds. The number of rotatable bonds is 8. The average Bonchev–Trinajstić information content (AvgIpc) is 3.16. The predicted molar refractivity (Wildman–Crippen MR) is 98.8 cm³/mol. The Morgan fingerprint density at radius 1 is 1.19 bits per heavy atom. The maximum atomic E-state index is 12.0. The number of thioether (sulfide) groups is 1. The fourth-order valence-corrected chi connectivity index (χ4v) is 2.82. The third-order valence-corrected chi connectivity index (χ3v) is 4.31. The molecule has 0 unspecified atom stereocenters. The number of aryl methyl sites for hydroxylation is 1. The van der Waals surface area contributed by atoms with Crippen LogP contribution in [0.4, 0.5) is 0 Å². The van der Waals surface area contributed by atoms with Crippen molar-refractivity contribution in [3.8, 4) is 11.4 Å². The van der Waals surface area contributed by atoms with Crippen LogP contribution < -0.4 is 0 Å². The summed E-state index contributed by atoms with van der Waals surface area (Å²) < 4.78 is 5.27. The number of hydrogen-bond acceptors (Lipinski definition) is 7. The number of esters is 1. The number of aromatic nitrogens is 5. The number of nitrogens with zero attached hydrogens (tertiary/aromatic N) is 5. The van der Waals surface area contributed by atoms with Crippen LogP contribution in [-0.4, -0.2) is 43.5 Å². The third-order valence-electron chi connectivity index (χ3n) is 3.48. The second-order valence-corrected chi connectivity index (χ2v) is 6.67. The molecule has 0 radical (unpaired) electrons. The number of benzene rings is 1. The van der Waals surface area contributed by atoms with Crippen LogP contribution in [0.2, 0.25) is 0 Å². The van der Waals surface area contributed by atoms with Gasteiger partial charge in [-0.3, -0.25) is 0 Å². The Bertz CT molecular complexity index is 836. The van der Waals surface area contributed by atoms with Gasteiger partial charge in [-0.15, -0.1) is 22.0 Å². The number of carbonyl (C=O) groups excluding carboxylic acids is 1. The molecule has 8 heteroatoms. The second kappa shape index (κ2) is 9.10. The first-order chi connectivity index (χ1) is 12.8. The first-order valence-corrected chi connectivity index (χ1v) is 9.34. The zero-order valence-electron chi connectivity index (χ0n) is 14.4. The number of carbonyl (C=O) groups is 1. The Kier molecular flexibility index (Phi) is 6.32. The highest BCUT2D eigenvalue weighted by Gasteiger charge is 2.09. The van der Waals surface area contributed by atoms with Gasteiger partial charge >= 0.3 is 5.97 Å². The van der Waals surface area contributed by atoms with Gasteiger partial charge in [-0.2, -0.15) is 4.80 Å². The summed E-state index contributed by atoms with van der Waals surface area (Å²) in [4.78, 5) is 17.7. The van der Waals surface area contributed by atoms with Crippen LogP contribution in [0.3, 0.4) is 0 Å². The van der Waals surface area contributed by atoms with E-state index in [0.717, 1.165) is 16.3 Å². The molecule has 134 valence electrons. The van der Waals surface area contributed by atoms with Crippen LogP contribution in [0.5, 0.6) is 0 Å². The lowest BCUT2D eigenvalue weighted by Crippen LogP contribution is -2.10. The summed E-state index contributed by atoms with van der Waals surface area (Å²) in [6, 6.07) is 13.2. The van der Waals surface area contributed by atoms with Crippen molar-refractivity contribution in [2.45, 2.75) is 24.9 Å². The van der Waals surface area contributed by atoms with Crippen LogP contribution in [0.15, 0.2) is 53.7 Å². The summed E-state index contributed by atoms with van der Waals surface area (Å²) in [5, 5.41) is 13.3. The average molecular weight is 369 g/mol. The van der Waals surface area contributed by atoms with Crippen molar-refractivity contribution in [3.63, 3.8) is 0 Å². The molecule has 0 aliphatic rings. The monoisotopic (exact) mass is 369 g/mol. The van der Waals surface area contributed by atoms with E-state index in [1.807, 2.05) is 36.4 Å². The highest BCUT2D eigenvalue weighted by Crippen LogP contribution is 2.15. The Labute approximate surface area is 155 Å². The molecular formula is C18H19N5O2S. The van der Waals surface area contributed by atoms with E-state index in [-0.39, 0.29) is 12.6 Å². The Hall–Kier alpha value is -2.74. The fraction of sp³-hybridized carbons (Fsp3) is 0.278. The molecule has 0 atom stereocenters. The second-order valence-electron chi connectivity index (χ2n) is 5.38. The van der Waals surface area contributed by atoms with Gasteiger partial charge in [-0.1, -0.05) is 37.3 Å². The standard InChI is InChI=1S/C18H19N5O2S/c1-2-26-16-10-9-15(13-19-16)18(24)25-12-6-11-23-21-17(20-22-23)14-7-4-3-5-8-14/h3-5,7-10,13H,2,6,11-12H2,1H3. The van der Waals surface area contributed by atoms with Crippen LogP contribution in [-0.2, 0) is 11.3 Å². The summed E-state index contributed by atoms with van der Waals surface area (Å²) in [7, 11) is 0. The van der Waals surface area contributed by atoms with Crippen LogP contribution in [0, 0.1) is 0 Å². The highest BCUT2D eigenvalue weighted by atomic mass is 32.2. The maximum Gasteiger partial charge on any atom is 0.339 e. The lowest BCUT2D eigenvalue weighted by Gasteiger charge is -2.05. The quantitative estimate of drug-likeness (QED) is 0.343. The maximum absolute atomic E-state index is 12.0. The smallest absolute Gasteiger partial charge is 0.339 e. The van der Waals surface area contributed by atoms with Gasteiger partial charge in [0.2, 0.25) is 5.82 Å². The van der Waals surface area contributed by atoms with Crippen molar-refractivity contribution in [2.24, 2.45) is 0 Å². The minimum atomic E-state index is -0.373. The van der Waals surface area contributed by atoms with E-state index in [1.165, 1.54) is 4.80 Å². The SMILES string of the molecule is CCSc1ccc(C(=O)OCCCn2nnc(-c3ccccc3)n2)cn1. The minimum absolute atomic E-state index is 0.284. The van der Waals surface area contributed by atoms with E-state index >= 15 is 0 Å². The van der Waals surface area contributed by atoms with Gasteiger partial charge in [-0.25, -0.2) is 9.78 Å². The number of ether oxygens (including phenoxy) is 1. The van der Waals surface area contributed by atoms with Crippen LogP contribution in [0.1, 0.15) is 23.7 Å². The van der Waals surface area contributed by atoms with Gasteiger partial charge in [0.25, 0.3) is 0 Å². The van der Waals surface area contributed by atoms with Crippen molar-refractivity contribution >= 4 is 17.7 Å². The van der Waals surface area contributed by atoms with E-state index < -0.39 is 0 Å². The van der Waals surface area contributed by atoms with E-state index in [0.29, 0.717) is 24.4 Å². The summed E-state index contributed by atoms with van der Waals surface area (Å²) in [5.41, 5.74) is 1.37. The molecule has 1 aromatic carbocycles. The molecule has 0 saturated carbocycles. The van der Waals surface area contributed by atoms with E-state index in [9.17, 15) is 4.79 Å². The molecule has 0 saturated heterocycles. The molecule has 3 rings (SSSR count). The van der Waals surface area contributed by atoms with Gasteiger partial charge in [-0.05, 0) is 23.1 Å². The van der Waals surface area contributed by atoms with E-state index in [2.05, 4.69) is 27.3 Å². The lowest BCUT2D eigenvalue weighted by atomic mass is 10.2. The van der Waals surface area contributed by atoms with Crippen molar-refractivity contribution in [1.29, 1.82) is 0 Å². The highest BCUT2D eigenvalue weighted by molar-refractivity contribution is 7.99. The molecule has 0 bridgehead atoms. The zero-order valence-corrected chi connectivity index (χ0v) is 15.2. The van der Waals surface area contributed by atoms with E-state index in [4.69, 9.17) is 4.74 Å². The molecule has 7 nitrogen and oxygen atoms in total. The fourth-order valence-electron chi connectivity index (χ4n) is 2.23. The van der Waals surface area contributed by atoms with Crippen molar-refractivity contribution in [1.82, 2.24) is 25.2 Å². The topological polar surface area (TPSA) is 82.8 Å². The number of tetrazole rings is 1. The molecule has 0 fully saturated rings. The summed E-state index contributed by atoms with van der Waals surface area (Å²) in [5.74, 6) is 1.15. The van der Waals surface area contributed by atoms with Gasteiger partial charge in [0.1, 0.15) is 0 Å². The van der Waals surface area contributed by atoms with Crippen LogP contribution >= 0.6 is 11.8 Å². The predicted octanol–water partition coefficient (Wildman–Crippen LogP) is 3.09. The molecule has 26 heavy (non-hydrogen) atoms. The Morgan fingerprint density at radius 2 is 2.04 bits per heavy atom. The van der Waals surface area contributed by atoms with Crippen molar-refractivity contribution in [2.75, 3.05) is 12.4 Å². The molecular weight excluding hydrogens is 350 g/mol. The summed E-state index contributed by atoms with van der Waals surface area (Å²) in [6.07, 6.45) is 2.15. The van der Waals surface area contributed by atoms with E-state index in [1.54, 1.807) is 24.0 Å². The molecule has 0 N–H and O–H groups in total. The van der Waals surface area contributed by atoms with Gasteiger partial charge in [0, 0.05) is 18.2 Å². The number of pyridine rings is 1. The first-order valence-electron chi connectivity index (χ1n) is 8.35. The Balaban J connectivity index is 1.44. The van der Waals surface area contributed by atoms with Gasteiger partial charge in [0.05, 0.1) is 23.7 Å². The zero-order chi connectivity index (χ0) is 18.2. The van der Waals surface area contributed by atoms with Crippen molar-refractivity contribution in [3.05, 3.63) is 54.2 Å². The molecule has 2 heterocycles. The number of hydrogen-bond donors (Lipinski definition) is 0. The normalized spacial score (nSPS) is 10.7. The van der Waals surface area contributed by atoms with Crippen molar-refractivity contribution < 1.29 is 9.53 Å². The third kappa shape index (κ3) is 4.89. The minimum Gasteiger partial charge on any atom is -0.462 e.